The molecule has 1 aromatic rings. The van der Waals surface area contributed by atoms with Crippen LogP contribution in [0.25, 0.3) is 0 Å². The van der Waals surface area contributed by atoms with Gasteiger partial charge >= 0.3 is 0 Å². The molecule has 1 atom stereocenters. The van der Waals surface area contributed by atoms with Gasteiger partial charge in [-0.1, -0.05) is 0 Å². The Kier molecular flexibility index (Phi) is 4.28. The average Bonchev–Trinajstić information content (AvgIpc) is 2.89. The summed E-state index contributed by atoms with van der Waals surface area (Å²) in [6.45, 7) is 4.80. The monoisotopic (exact) mass is 266 g/mol. The van der Waals surface area contributed by atoms with Crippen LogP contribution in [0.1, 0.15) is 30.2 Å². The van der Waals surface area contributed by atoms with E-state index in [-0.39, 0.29) is 0 Å². The largest absolute Gasteiger partial charge is 0.469 e. The quantitative estimate of drug-likeness (QED) is 0.905. The summed E-state index contributed by atoms with van der Waals surface area (Å²) in [4.78, 5) is 2.57. The third kappa shape index (κ3) is 2.92. The standard InChI is InChI=1S/C14H22N2OS/c1-2-13(12-4-9-17-14(12)3-1)15-5-6-16-7-10-18-11-8-16/h4,9,13,15H,1-3,5-8,10-11H2. The second-order valence-electron chi connectivity index (χ2n) is 5.15. The molecule has 0 saturated carbocycles. The number of furan rings is 1. The lowest BCUT2D eigenvalue weighted by Crippen LogP contribution is -2.39. The molecule has 1 N–H and O–H groups in total. The lowest BCUT2D eigenvalue weighted by molar-refractivity contribution is 0.290. The Morgan fingerprint density at radius 3 is 3.17 bits per heavy atom. The molecule has 1 aromatic heterocycles. The molecule has 100 valence electrons. The van der Waals surface area contributed by atoms with E-state index in [1.54, 1.807) is 0 Å². The van der Waals surface area contributed by atoms with Gasteiger partial charge in [-0.2, -0.15) is 11.8 Å². The molecule has 1 unspecified atom stereocenters. The number of rotatable bonds is 4. The summed E-state index contributed by atoms with van der Waals surface area (Å²) >= 11 is 2.08. The molecule has 1 aliphatic heterocycles. The SMILES string of the molecule is c1cc2c(o1)CCCC2NCCN1CCSCC1. The van der Waals surface area contributed by atoms with Crippen molar-refractivity contribution in [2.24, 2.45) is 0 Å². The van der Waals surface area contributed by atoms with Crippen LogP contribution < -0.4 is 5.32 Å². The van der Waals surface area contributed by atoms with Gasteiger partial charge in [-0.05, 0) is 18.9 Å². The van der Waals surface area contributed by atoms with Gasteiger partial charge in [0.05, 0.1) is 6.26 Å². The molecule has 0 aromatic carbocycles. The van der Waals surface area contributed by atoms with E-state index < -0.39 is 0 Å². The first kappa shape index (κ1) is 12.6. The molecule has 0 amide bonds. The first-order chi connectivity index (χ1) is 8.93. The predicted molar refractivity (Wildman–Crippen MR) is 76.2 cm³/mol. The second-order valence-corrected chi connectivity index (χ2v) is 6.38. The van der Waals surface area contributed by atoms with E-state index in [1.807, 2.05) is 6.26 Å². The molecule has 18 heavy (non-hydrogen) atoms. The molecule has 1 aliphatic carbocycles. The fraction of sp³-hybridized carbons (Fsp3) is 0.714. The van der Waals surface area contributed by atoms with Gasteiger partial charge in [-0.15, -0.1) is 0 Å². The highest BCUT2D eigenvalue weighted by Gasteiger charge is 2.22. The van der Waals surface area contributed by atoms with Crippen molar-refractivity contribution in [1.82, 2.24) is 10.2 Å². The van der Waals surface area contributed by atoms with Crippen LogP contribution in [0, 0.1) is 0 Å². The van der Waals surface area contributed by atoms with Crippen molar-refractivity contribution in [2.45, 2.75) is 25.3 Å². The van der Waals surface area contributed by atoms with Crippen molar-refractivity contribution in [3.8, 4) is 0 Å². The predicted octanol–water partition coefficient (Wildman–Crippen LogP) is 2.30. The van der Waals surface area contributed by atoms with Crippen LogP contribution in [-0.4, -0.2) is 42.6 Å². The Morgan fingerprint density at radius 1 is 1.39 bits per heavy atom. The van der Waals surface area contributed by atoms with Gasteiger partial charge in [-0.25, -0.2) is 0 Å². The minimum absolute atomic E-state index is 0.520. The Hall–Kier alpha value is -0.450. The normalized spacial score (nSPS) is 25.0. The van der Waals surface area contributed by atoms with Crippen LogP contribution in [0.5, 0.6) is 0 Å². The topological polar surface area (TPSA) is 28.4 Å². The fourth-order valence-corrected chi connectivity index (χ4v) is 3.90. The van der Waals surface area contributed by atoms with Gasteiger partial charge in [0.1, 0.15) is 5.76 Å². The fourth-order valence-electron chi connectivity index (χ4n) is 2.92. The van der Waals surface area contributed by atoms with Gasteiger partial charge in [0, 0.05) is 55.7 Å². The van der Waals surface area contributed by atoms with Crippen molar-refractivity contribution in [3.05, 3.63) is 23.7 Å². The first-order valence-electron chi connectivity index (χ1n) is 7.03. The smallest absolute Gasteiger partial charge is 0.108 e. The van der Waals surface area contributed by atoms with E-state index in [2.05, 4.69) is 28.0 Å². The van der Waals surface area contributed by atoms with E-state index in [4.69, 9.17) is 4.42 Å². The molecule has 2 heterocycles. The minimum Gasteiger partial charge on any atom is -0.469 e. The number of aryl methyl sites for hydroxylation is 1. The van der Waals surface area contributed by atoms with Gasteiger partial charge in [-0.3, -0.25) is 0 Å². The minimum atomic E-state index is 0.520. The zero-order chi connectivity index (χ0) is 12.2. The molecule has 3 rings (SSSR count). The molecule has 0 radical (unpaired) electrons. The molecular weight excluding hydrogens is 244 g/mol. The molecule has 0 spiro atoms. The number of thioether (sulfide) groups is 1. The number of fused-ring (bicyclic) bond motifs is 1. The lowest BCUT2D eigenvalue weighted by atomic mass is 9.93. The zero-order valence-corrected chi connectivity index (χ0v) is 11.7. The molecule has 3 nitrogen and oxygen atoms in total. The van der Waals surface area contributed by atoms with E-state index in [9.17, 15) is 0 Å². The molecule has 4 heteroatoms. The number of hydrogen-bond acceptors (Lipinski definition) is 4. The third-order valence-electron chi connectivity index (χ3n) is 3.97. The van der Waals surface area contributed by atoms with Crippen LogP contribution in [-0.2, 0) is 6.42 Å². The maximum Gasteiger partial charge on any atom is 0.108 e. The summed E-state index contributed by atoms with van der Waals surface area (Å²) in [5.41, 5.74) is 1.40. The number of nitrogens with one attached hydrogen (secondary N) is 1. The Balaban J connectivity index is 1.46. The van der Waals surface area contributed by atoms with Gasteiger partial charge in [0.15, 0.2) is 0 Å². The molecular formula is C14H22N2OS. The Labute approximate surface area is 113 Å². The van der Waals surface area contributed by atoms with Crippen LogP contribution in [0.4, 0.5) is 0 Å². The summed E-state index contributed by atoms with van der Waals surface area (Å²) in [6, 6.07) is 2.66. The molecule has 1 fully saturated rings. The lowest BCUT2D eigenvalue weighted by Gasteiger charge is -2.28. The maximum absolute atomic E-state index is 5.53. The van der Waals surface area contributed by atoms with Crippen molar-refractivity contribution in [2.75, 3.05) is 37.7 Å². The molecule has 0 bridgehead atoms. The molecule has 2 aliphatic rings. The first-order valence-corrected chi connectivity index (χ1v) is 8.19. The third-order valence-corrected chi connectivity index (χ3v) is 4.92. The average molecular weight is 266 g/mol. The maximum atomic E-state index is 5.53. The summed E-state index contributed by atoms with van der Waals surface area (Å²) in [6.07, 6.45) is 5.46. The van der Waals surface area contributed by atoms with Crippen molar-refractivity contribution in [1.29, 1.82) is 0 Å². The summed E-state index contributed by atoms with van der Waals surface area (Å²) in [7, 11) is 0. The zero-order valence-electron chi connectivity index (χ0n) is 10.9. The van der Waals surface area contributed by atoms with Crippen LogP contribution in [0.2, 0.25) is 0 Å². The van der Waals surface area contributed by atoms with E-state index >= 15 is 0 Å². The highest BCUT2D eigenvalue weighted by atomic mass is 32.2. The summed E-state index contributed by atoms with van der Waals surface area (Å²) in [5.74, 6) is 3.80. The highest BCUT2D eigenvalue weighted by Crippen LogP contribution is 2.30. The van der Waals surface area contributed by atoms with E-state index in [0.717, 1.165) is 13.0 Å². The van der Waals surface area contributed by atoms with Gasteiger partial charge in [0.25, 0.3) is 0 Å². The van der Waals surface area contributed by atoms with Crippen LogP contribution in [0.15, 0.2) is 16.7 Å². The molecule has 1 saturated heterocycles. The summed E-state index contributed by atoms with van der Waals surface area (Å²) < 4.78 is 5.53. The summed E-state index contributed by atoms with van der Waals surface area (Å²) in [5, 5.41) is 3.70. The Morgan fingerprint density at radius 2 is 2.28 bits per heavy atom. The highest BCUT2D eigenvalue weighted by molar-refractivity contribution is 7.99. The Bertz CT molecular complexity index is 374. The van der Waals surface area contributed by atoms with Gasteiger partial charge < -0.3 is 14.6 Å². The van der Waals surface area contributed by atoms with E-state index in [0.29, 0.717) is 6.04 Å². The number of hydrogen-bond donors (Lipinski definition) is 1. The number of nitrogens with zero attached hydrogens (tertiary/aromatic N) is 1. The van der Waals surface area contributed by atoms with Gasteiger partial charge in [0.2, 0.25) is 0 Å². The van der Waals surface area contributed by atoms with E-state index in [1.165, 1.54) is 55.3 Å². The van der Waals surface area contributed by atoms with Crippen LogP contribution >= 0.6 is 11.8 Å². The van der Waals surface area contributed by atoms with Crippen molar-refractivity contribution < 1.29 is 4.42 Å². The van der Waals surface area contributed by atoms with Crippen molar-refractivity contribution in [3.63, 3.8) is 0 Å². The van der Waals surface area contributed by atoms with Crippen LogP contribution in [0.3, 0.4) is 0 Å². The van der Waals surface area contributed by atoms with Crippen molar-refractivity contribution >= 4 is 11.8 Å². The second kappa shape index (κ2) is 6.13.